The van der Waals surface area contributed by atoms with Gasteiger partial charge in [-0.1, -0.05) is 44.4 Å². The van der Waals surface area contributed by atoms with Gasteiger partial charge in [0.25, 0.3) is 0 Å². The van der Waals surface area contributed by atoms with Crippen LogP contribution in [0.5, 0.6) is 0 Å². The molecule has 4 aromatic rings. The van der Waals surface area contributed by atoms with Gasteiger partial charge in [-0.2, -0.15) is 5.10 Å². The number of ether oxygens (including phenoxy) is 1. The number of nitrogens with one attached hydrogen (secondary N) is 2. The van der Waals surface area contributed by atoms with Crippen LogP contribution in [0.15, 0.2) is 42.5 Å². The van der Waals surface area contributed by atoms with Gasteiger partial charge in [0.2, 0.25) is 0 Å². The van der Waals surface area contributed by atoms with Crippen molar-refractivity contribution < 1.29 is 22.7 Å². The first kappa shape index (κ1) is 39.8. The molecular formula is C39H50ClF2N5O3Si. The van der Waals surface area contributed by atoms with Gasteiger partial charge in [0.1, 0.15) is 28.5 Å². The first-order valence-electron chi connectivity index (χ1n) is 17.1. The lowest BCUT2D eigenvalue weighted by molar-refractivity contribution is 0.0502. The Morgan fingerprint density at radius 2 is 1.63 bits per heavy atom. The monoisotopic (exact) mass is 737 g/mol. The SMILES string of the molecule is CCNc1nn(C)c2c(-c3ccc(C#CC(C)(C)O[Si](C)(C)C(C)(C)C)nc3C(Cc3cc(F)cc(F)c3)NC(=O)OC(C)(C)C)ccc(Cl)c12. The normalized spacial score (nSPS) is 13.1. The van der Waals surface area contributed by atoms with Crippen molar-refractivity contribution in [1.82, 2.24) is 20.1 Å². The molecule has 0 aliphatic heterocycles. The maximum atomic E-state index is 14.5. The number of fused-ring (bicyclic) bond motifs is 1. The Morgan fingerprint density at radius 1 is 1.00 bits per heavy atom. The number of hydrogen-bond acceptors (Lipinski definition) is 6. The molecule has 1 amide bonds. The summed E-state index contributed by atoms with van der Waals surface area (Å²) in [6.45, 7) is 22.6. The van der Waals surface area contributed by atoms with Gasteiger partial charge in [0, 0.05) is 30.8 Å². The molecule has 12 heteroatoms. The van der Waals surface area contributed by atoms with Crippen LogP contribution < -0.4 is 10.6 Å². The number of hydrogen-bond donors (Lipinski definition) is 2. The Hall–Kier alpha value is -3.98. The second kappa shape index (κ2) is 14.9. The van der Waals surface area contributed by atoms with Crippen LogP contribution in [-0.4, -0.2) is 46.9 Å². The van der Waals surface area contributed by atoms with Crippen molar-refractivity contribution in [2.45, 2.75) is 104 Å². The number of halogens is 3. The van der Waals surface area contributed by atoms with Crippen LogP contribution in [0.1, 0.15) is 85.3 Å². The fourth-order valence-corrected chi connectivity index (χ4v) is 7.46. The topological polar surface area (TPSA) is 90.3 Å². The molecule has 1 unspecified atom stereocenters. The Labute approximate surface area is 306 Å². The molecule has 2 heterocycles. The van der Waals surface area contributed by atoms with Crippen molar-refractivity contribution in [3.63, 3.8) is 0 Å². The summed E-state index contributed by atoms with van der Waals surface area (Å²) < 4.78 is 43.0. The zero-order valence-electron chi connectivity index (χ0n) is 31.7. The molecule has 0 aliphatic carbocycles. The van der Waals surface area contributed by atoms with Crippen molar-refractivity contribution in [2.75, 3.05) is 11.9 Å². The van der Waals surface area contributed by atoms with Gasteiger partial charge in [-0.25, -0.2) is 18.6 Å². The van der Waals surface area contributed by atoms with Crippen LogP contribution in [0.2, 0.25) is 23.2 Å². The number of rotatable bonds is 9. The lowest BCUT2D eigenvalue weighted by atomic mass is 9.93. The maximum absolute atomic E-state index is 14.5. The average molecular weight is 738 g/mol. The fraction of sp³-hybridized carbons (Fsp3) is 0.462. The molecule has 0 saturated carbocycles. The number of aryl methyl sites for hydroxylation is 1. The van der Waals surface area contributed by atoms with E-state index in [1.54, 1.807) is 31.5 Å². The second-order valence-electron chi connectivity index (χ2n) is 15.8. The van der Waals surface area contributed by atoms with Gasteiger partial charge in [-0.05, 0) is 108 Å². The minimum absolute atomic E-state index is 0.00442. The highest BCUT2D eigenvalue weighted by Crippen LogP contribution is 2.41. The summed E-state index contributed by atoms with van der Waals surface area (Å²) in [4.78, 5) is 18.4. The van der Waals surface area contributed by atoms with Crippen molar-refractivity contribution in [3.8, 4) is 23.0 Å². The van der Waals surface area contributed by atoms with Crippen LogP contribution in [0.3, 0.4) is 0 Å². The number of benzene rings is 2. The molecule has 2 N–H and O–H groups in total. The van der Waals surface area contributed by atoms with Crippen LogP contribution in [-0.2, 0) is 22.6 Å². The quantitative estimate of drug-likeness (QED) is 0.131. The minimum atomic E-state index is -2.16. The summed E-state index contributed by atoms with van der Waals surface area (Å²) in [5, 5.41) is 12.1. The number of carbonyl (C=O) groups excluding carboxylic acids is 1. The van der Waals surface area contributed by atoms with E-state index in [1.807, 2.05) is 46.0 Å². The van der Waals surface area contributed by atoms with Gasteiger partial charge < -0.3 is 19.8 Å². The number of pyridine rings is 1. The standard InChI is InChI=1S/C39H50ClF2N5O3Si/c1-13-43-35-32-30(40)17-16-29(34(32)47(10)46-35)28-15-14-27(18-19-39(8,9)50-51(11,12)38(5,6)7)44-33(28)31(45-36(48)49-37(2,3)4)22-24-20-25(41)23-26(42)21-24/h14-17,20-21,23,31H,13,22H2,1-12H3,(H,43,46)(H,45,48). The molecule has 8 nitrogen and oxygen atoms in total. The zero-order valence-corrected chi connectivity index (χ0v) is 33.5. The molecule has 0 radical (unpaired) electrons. The smallest absolute Gasteiger partial charge is 0.408 e. The highest BCUT2D eigenvalue weighted by molar-refractivity contribution is 6.74. The molecule has 0 spiro atoms. The first-order valence-corrected chi connectivity index (χ1v) is 20.4. The number of nitrogens with zero attached hydrogens (tertiary/aromatic N) is 3. The molecule has 274 valence electrons. The molecule has 0 fully saturated rings. The van der Waals surface area contributed by atoms with Crippen molar-refractivity contribution in [1.29, 1.82) is 0 Å². The molecule has 51 heavy (non-hydrogen) atoms. The molecule has 2 aromatic heterocycles. The number of carbonyl (C=O) groups is 1. The second-order valence-corrected chi connectivity index (χ2v) is 20.9. The summed E-state index contributed by atoms with van der Waals surface area (Å²) in [6.07, 6.45) is -0.719. The summed E-state index contributed by atoms with van der Waals surface area (Å²) in [5.74, 6) is 5.65. The van der Waals surface area contributed by atoms with Crippen molar-refractivity contribution in [3.05, 3.63) is 76.1 Å². The summed E-state index contributed by atoms with van der Waals surface area (Å²) in [6, 6.07) is 9.73. The van der Waals surface area contributed by atoms with E-state index >= 15 is 0 Å². The Kier molecular flexibility index (Phi) is 11.7. The summed E-state index contributed by atoms with van der Waals surface area (Å²) in [5.41, 5.74) is 1.67. The van der Waals surface area contributed by atoms with E-state index in [0.717, 1.165) is 22.5 Å². The van der Waals surface area contributed by atoms with Gasteiger partial charge in [-0.15, -0.1) is 0 Å². The maximum Gasteiger partial charge on any atom is 0.408 e. The molecule has 4 rings (SSSR count). The lowest BCUT2D eigenvalue weighted by Gasteiger charge is -2.40. The predicted molar refractivity (Wildman–Crippen MR) is 205 cm³/mol. The first-order chi connectivity index (χ1) is 23.5. The molecule has 2 aromatic carbocycles. The highest BCUT2D eigenvalue weighted by Gasteiger charge is 2.41. The van der Waals surface area contributed by atoms with E-state index in [0.29, 0.717) is 39.9 Å². The van der Waals surface area contributed by atoms with Crippen molar-refractivity contribution in [2.24, 2.45) is 7.05 Å². The van der Waals surface area contributed by atoms with Gasteiger partial charge in [0.05, 0.1) is 27.7 Å². The van der Waals surface area contributed by atoms with Gasteiger partial charge in [-0.3, -0.25) is 4.68 Å². The molecular weight excluding hydrogens is 688 g/mol. The zero-order chi connectivity index (χ0) is 38.1. The fourth-order valence-electron chi connectivity index (χ4n) is 5.59. The van der Waals surface area contributed by atoms with Gasteiger partial charge >= 0.3 is 6.09 Å². The average Bonchev–Trinajstić information content (AvgIpc) is 3.30. The Bertz CT molecular complexity index is 1970. The molecule has 0 bridgehead atoms. The Balaban J connectivity index is 1.97. The van der Waals surface area contributed by atoms with Crippen LogP contribution in [0.4, 0.5) is 19.4 Å². The molecule has 0 saturated heterocycles. The third-order valence-corrected chi connectivity index (χ3v) is 13.6. The number of anilines is 1. The van der Waals surface area contributed by atoms with E-state index in [-0.39, 0.29) is 11.5 Å². The highest BCUT2D eigenvalue weighted by atomic mass is 35.5. The van der Waals surface area contributed by atoms with E-state index in [2.05, 4.69) is 56.3 Å². The minimum Gasteiger partial charge on any atom is -0.444 e. The third kappa shape index (κ3) is 9.88. The van der Waals surface area contributed by atoms with E-state index in [4.69, 9.17) is 30.8 Å². The Morgan fingerprint density at radius 3 is 2.22 bits per heavy atom. The summed E-state index contributed by atoms with van der Waals surface area (Å²) in [7, 11) is -0.335. The van der Waals surface area contributed by atoms with E-state index in [1.165, 1.54) is 12.1 Å². The van der Waals surface area contributed by atoms with Crippen LogP contribution in [0, 0.1) is 23.5 Å². The molecule has 0 aliphatic rings. The van der Waals surface area contributed by atoms with E-state index < -0.39 is 43.3 Å². The summed E-state index contributed by atoms with van der Waals surface area (Å²) >= 11 is 6.74. The number of aromatic nitrogens is 3. The van der Waals surface area contributed by atoms with E-state index in [9.17, 15) is 13.6 Å². The van der Waals surface area contributed by atoms with Crippen LogP contribution in [0.25, 0.3) is 22.0 Å². The van der Waals surface area contributed by atoms with Crippen molar-refractivity contribution >= 4 is 42.7 Å². The predicted octanol–water partition coefficient (Wildman–Crippen LogP) is 9.96. The largest absolute Gasteiger partial charge is 0.444 e. The van der Waals surface area contributed by atoms with Gasteiger partial charge in [0.15, 0.2) is 14.1 Å². The third-order valence-electron chi connectivity index (χ3n) is 8.69. The lowest BCUT2D eigenvalue weighted by Crippen LogP contribution is -2.47. The molecule has 1 atom stereocenters. The number of alkyl carbamates (subject to hydrolysis) is 1. The number of amides is 1. The van der Waals surface area contributed by atoms with Crippen LogP contribution >= 0.6 is 11.6 Å².